The first-order valence-electron chi connectivity index (χ1n) is 16.2. The molecule has 1 aromatic heterocycles. The quantitative estimate of drug-likeness (QED) is 0.303. The van der Waals surface area contributed by atoms with Gasteiger partial charge in [0, 0.05) is 51.4 Å². The van der Waals surface area contributed by atoms with Crippen molar-refractivity contribution in [2.75, 3.05) is 38.5 Å². The van der Waals surface area contributed by atoms with Crippen LogP contribution in [0.15, 0.2) is 30.5 Å². The first-order chi connectivity index (χ1) is 21.7. The van der Waals surface area contributed by atoms with Gasteiger partial charge in [-0.15, -0.1) is 0 Å². The molecule has 0 radical (unpaired) electrons. The fraction of sp³-hybridized carbons (Fsp3) is 0.594. The summed E-state index contributed by atoms with van der Waals surface area (Å²) in [7, 11) is 2.00. The largest absolute Gasteiger partial charge is 0.339 e. The van der Waals surface area contributed by atoms with Gasteiger partial charge in [0.25, 0.3) is 5.91 Å². The minimum atomic E-state index is -0.866. The van der Waals surface area contributed by atoms with Gasteiger partial charge >= 0.3 is 6.03 Å². The summed E-state index contributed by atoms with van der Waals surface area (Å²) in [5, 5.41) is 15.4. The molecular formula is C32H45FN8O4. The Morgan fingerprint density at radius 3 is 2.38 bits per heavy atom. The van der Waals surface area contributed by atoms with Gasteiger partial charge in [0.1, 0.15) is 23.6 Å². The fourth-order valence-electron chi connectivity index (χ4n) is 6.15. The molecule has 5 rings (SSSR count). The number of hydrogen-bond acceptors (Lipinski definition) is 6. The molecule has 2 saturated carbocycles. The van der Waals surface area contributed by atoms with E-state index in [-0.39, 0.29) is 30.0 Å². The molecule has 0 unspecified atom stereocenters. The average Bonchev–Trinajstić information content (AvgIpc) is 3.71. The number of benzene rings is 1. The number of urea groups is 1. The van der Waals surface area contributed by atoms with Crippen molar-refractivity contribution in [1.29, 1.82) is 0 Å². The van der Waals surface area contributed by atoms with Crippen molar-refractivity contribution in [1.82, 2.24) is 35.5 Å². The number of likely N-dealkylation sites (N-methyl/N-ethyl adjacent to an activating group) is 1. The summed E-state index contributed by atoms with van der Waals surface area (Å²) < 4.78 is 17.0. The van der Waals surface area contributed by atoms with Crippen molar-refractivity contribution < 1.29 is 23.6 Å². The monoisotopic (exact) mass is 624 g/mol. The maximum absolute atomic E-state index is 15.5. The highest BCUT2D eigenvalue weighted by Gasteiger charge is 2.33. The van der Waals surface area contributed by atoms with Crippen LogP contribution in [0.5, 0.6) is 0 Å². The number of aromatic nitrogens is 2. The molecule has 2 aliphatic carbocycles. The number of hydrogen-bond donors (Lipinski definition) is 4. The van der Waals surface area contributed by atoms with Crippen LogP contribution in [0, 0.1) is 11.7 Å². The highest BCUT2D eigenvalue weighted by Crippen LogP contribution is 2.28. The first kappa shape index (κ1) is 32.4. The third kappa shape index (κ3) is 8.59. The molecule has 5 amide bonds. The lowest BCUT2D eigenvalue weighted by Gasteiger charge is -2.34. The molecule has 1 saturated heterocycles. The summed E-state index contributed by atoms with van der Waals surface area (Å²) in [6.07, 6.45) is 8.04. The molecule has 2 atom stereocenters. The Bertz CT molecular complexity index is 1360. The molecule has 2 aromatic rings. The average molecular weight is 625 g/mol. The number of aryl methyl sites for hydroxylation is 1. The summed E-state index contributed by atoms with van der Waals surface area (Å²) in [6, 6.07) is 4.03. The van der Waals surface area contributed by atoms with Crippen molar-refractivity contribution in [3.05, 3.63) is 47.5 Å². The van der Waals surface area contributed by atoms with E-state index in [1.165, 1.54) is 12.1 Å². The number of carbonyl (C=O) groups excluding carboxylic acids is 4. The van der Waals surface area contributed by atoms with E-state index in [2.05, 4.69) is 31.3 Å². The number of nitrogens with one attached hydrogen (secondary N) is 4. The van der Waals surface area contributed by atoms with Gasteiger partial charge in [-0.3, -0.25) is 19.1 Å². The highest BCUT2D eigenvalue weighted by molar-refractivity contribution is 6.00. The van der Waals surface area contributed by atoms with Crippen molar-refractivity contribution in [2.45, 2.75) is 83.0 Å². The van der Waals surface area contributed by atoms with E-state index in [1.807, 2.05) is 14.0 Å². The Morgan fingerprint density at radius 1 is 0.978 bits per heavy atom. The van der Waals surface area contributed by atoms with Crippen LogP contribution < -0.4 is 21.3 Å². The molecule has 0 spiro atoms. The number of anilines is 1. The van der Waals surface area contributed by atoms with Crippen molar-refractivity contribution in [3.8, 4) is 0 Å². The van der Waals surface area contributed by atoms with Gasteiger partial charge in [-0.05, 0) is 69.3 Å². The second kappa shape index (κ2) is 14.9. The van der Waals surface area contributed by atoms with Crippen LogP contribution in [-0.4, -0.2) is 94.7 Å². The number of amides is 5. The maximum atomic E-state index is 15.5. The van der Waals surface area contributed by atoms with Gasteiger partial charge in [-0.25, -0.2) is 9.18 Å². The summed E-state index contributed by atoms with van der Waals surface area (Å²) in [5.41, 5.74) is 0.857. The molecule has 0 bridgehead atoms. The molecule has 4 N–H and O–H groups in total. The Morgan fingerprint density at radius 2 is 1.71 bits per heavy atom. The van der Waals surface area contributed by atoms with Gasteiger partial charge < -0.3 is 31.1 Å². The molecule has 3 fully saturated rings. The fourth-order valence-corrected chi connectivity index (χ4v) is 6.15. The van der Waals surface area contributed by atoms with Crippen LogP contribution >= 0.6 is 0 Å². The van der Waals surface area contributed by atoms with E-state index in [9.17, 15) is 19.2 Å². The van der Waals surface area contributed by atoms with Crippen LogP contribution in [0.3, 0.4) is 0 Å². The van der Waals surface area contributed by atoms with E-state index >= 15 is 4.39 Å². The summed E-state index contributed by atoms with van der Waals surface area (Å²) in [6.45, 7) is 4.97. The van der Waals surface area contributed by atoms with Gasteiger partial charge in [0.05, 0.1) is 5.69 Å². The Labute approximate surface area is 263 Å². The van der Waals surface area contributed by atoms with Crippen LogP contribution in [-0.2, 0) is 22.6 Å². The predicted molar refractivity (Wildman–Crippen MR) is 167 cm³/mol. The first-order valence-corrected chi connectivity index (χ1v) is 16.2. The van der Waals surface area contributed by atoms with E-state index in [1.54, 1.807) is 27.9 Å². The molecule has 12 nitrogen and oxygen atoms in total. The smallest absolute Gasteiger partial charge is 0.315 e. The van der Waals surface area contributed by atoms with Gasteiger partial charge in [-0.1, -0.05) is 25.3 Å². The molecule has 1 aliphatic heterocycles. The predicted octanol–water partition coefficient (Wildman–Crippen LogP) is 2.51. The van der Waals surface area contributed by atoms with Crippen LogP contribution in [0.2, 0.25) is 0 Å². The van der Waals surface area contributed by atoms with Crippen LogP contribution in [0.1, 0.15) is 67.9 Å². The molecule has 2 heterocycles. The van der Waals surface area contributed by atoms with Gasteiger partial charge in [-0.2, -0.15) is 5.10 Å². The third-order valence-corrected chi connectivity index (χ3v) is 9.00. The highest BCUT2D eigenvalue weighted by atomic mass is 19.1. The number of piperazine rings is 1. The topological polar surface area (TPSA) is 141 Å². The third-order valence-electron chi connectivity index (χ3n) is 9.00. The molecule has 1 aromatic carbocycles. The second-order valence-electron chi connectivity index (χ2n) is 12.5. The normalized spacial score (nSPS) is 19.0. The van der Waals surface area contributed by atoms with E-state index in [0.717, 1.165) is 58.0 Å². The lowest BCUT2D eigenvalue weighted by molar-refractivity contribution is -0.134. The number of nitrogens with zero attached hydrogens (tertiary/aromatic N) is 4. The minimum absolute atomic E-state index is 0.0150. The number of carbonyl (C=O) groups is 4. The molecule has 244 valence electrons. The Kier molecular flexibility index (Phi) is 10.7. The summed E-state index contributed by atoms with van der Waals surface area (Å²) in [5.74, 6) is -1.82. The lowest BCUT2D eigenvalue weighted by atomic mass is 9.83. The molecular weight excluding hydrogens is 579 g/mol. The van der Waals surface area contributed by atoms with Crippen LogP contribution in [0.25, 0.3) is 0 Å². The van der Waals surface area contributed by atoms with Crippen molar-refractivity contribution in [2.24, 2.45) is 5.92 Å². The maximum Gasteiger partial charge on any atom is 0.315 e. The molecule has 3 aliphatic rings. The van der Waals surface area contributed by atoms with Crippen molar-refractivity contribution in [3.63, 3.8) is 0 Å². The molecule has 45 heavy (non-hydrogen) atoms. The van der Waals surface area contributed by atoms with E-state index < -0.39 is 35.7 Å². The Balaban J connectivity index is 1.28. The van der Waals surface area contributed by atoms with Crippen LogP contribution in [0.4, 0.5) is 14.9 Å². The SMILES string of the molecule is CCn1nccc1C(=O)N[C@H](C(=O)Nc1ccc(C[C@@H](NC(=O)NC2CC2)C(=O)N2CCN(C)CC2)cc1F)C1CCCCC1. The number of rotatable bonds is 11. The minimum Gasteiger partial charge on any atom is -0.339 e. The Hall–Kier alpha value is -4.00. The van der Waals surface area contributed by atoms with E-state index in [0.29, 0.717) is 30.9 Å². The lowest BCUT2D eigenvalue weighted by Crippen LogP contribution is -2.56. The zero-order chi connectivity index (χ0) is 31.9. The second-order valence-corrected chi connectivity index (χ2v) is 12.5. The molecule has 13 heteroatoms. The van der Waals surface area contributed by atoms with Crippen molar-refractivity contribution >= 4 is 29.4 Å². The zero-order valence-corrected chi connectivity index (χ0v) is 26.2. The number of halogens is 1. The summed E-state index contributed by atoms with van der Waals surface area (Å²) >= 11 is 0. The van der Waals surface area contributed by atoms with E-state index in [4.69, 9.17) is 0 Å². The van der Waals surface area contributed by atoms with Gasteiger partial charge in [0.15, 0.2) is 0 Å². The zero-order valence-electron chi connectivity index (χ0n) is 26.2. The standard InChI is InChI=1S/C32H45FN8O4/c1-3-41-27(13-14-34-41)29(42)38-28(22-7-5-4-6-8-22)30(43)36-25-12-9-21(19-24(25)33)20-26(37-32(45)35-23-10-11-23)31(44)40-17-15-39(2)16-18-40/h9,12-14,19,22-23,26,28H,3-8,10-11,15-18,20H2,1-2H3,(H,36,43)(H,38,42)(H2,35,37,45)/t26-,28+/m1/s1. The van der Waals surface area contributed by atoms with Gasteiger partial charge in [0.2, 0.25) is 11.8 Å². The summed E-state index contributed by atoms with van der Waals surface area (Å²) in [4.78, 5) is 56.6.